The Morgan fingerprint density at radius 1 is 1.27 bits per heavy atom. The normalized spacial score (nSPS) is 21.0. The third kappa shape index (κ3) is 4.20. The van der Waals surface area contributed by atoms with Crippen LogP contribution in [-0.4, -0.2) is 49.6 Å². The maximum absolute atomic E-state index is 14.5. The summed E-state index contributed by atoms with van der Waals surface area (Å²) in [7, 11) is -3.83. The van der Waals surface area contributed by atoms with Crippen molar-refractivity contribution in [1.82, 2.24) is 9.97 Å². The van der Waals surface area contributed by atoms with E-state index >= 15 is 0 Å². The minimum atomic E-state index is -3.83. The second-order valence-electron chi connectivity index (χ2n) is 7.47. The van der Waals surface area contributed by atoms with Crippen molar-refractivity contribution in [1.29, 1.82) is 0 Å². The van der Waals surface area contributed by atoms with Gasteiger partial charge in [-0.25, -0.2) is 31.7 Å². The molecule has 1 saturated heterocycles. The van der Waals surface area contributed by atoms with E-state index in [9.17, 15) is 21.6 Å². The van der Waals surface area contributed by atoms with Crippen molar-refractivity contribution in [2.45, 2.75) is 42.3 Å². The molecule has 2 fully saturated rings. The first kappa shape index (κ1) is 20.8. The lowest BCUT2D eigenvalue weighted by Gasteiger charge is -2.51. The van der Waals surface area contributed by atoms with E-state index in [0.29, 0.717) is 18.5 Å². The minimum absolute atomic E-state index is 0.0394. The Morgan fingerprint density at radius 3 is 2.53 bits per heavy atom. The number of anilines is 3. The Balaban J connectivity index is 1.57. The van der Waals surface area contributed by atoms with Gasteiger partial charge in [-0.1, -0.05) is 0 Å². The number of hydrogen-bond donors (Lipinski definition) is 2. The molecule has 1 atom stereocenters. The molecule has 1 aliphatic heterocycles. The van der Waals surface area contributed by atoms with E-state index in [1.807, 2.05) is 0 Å². The molecule has 2 aliphatic rings. The summed E-state index contributed by atoms with van der Waals surface area (Å²) < 4.78 is 69.5. The molecule has 0 bridgehead atoms. The van der Waals surface area contributed by atoms with Crippen molar-refractivity contribution in [3.05, 3.63) is 36.3 Å². The number of alkyl halides is 2. The Bertz CT molecular complexity index is 1030. The van der Waals surface area contributed by atoms with E-state index in [-0.39, 0.29) is 29.8 Å². The average molecular weight is 443 g/mol. The van der Waals surface area contributed by atoms with E-state index < -0.39 is 34.0 Å². The van der Waals surface area contributed by atoms with E-state index in [0.717, 1.165) is 12.6 Å². The zero-order valence-corrected chi connectivity index (χ0v) is 16.6. The molecule has 4 rings (SSSR count). The predicted molar refractivity (Wildman–Crippen MR) is 103 cm³/mol. The Morgan fingerprint density at radius 2 is 1.97 bits per heavy atom. The molecule has 1 saturated carbocycles. The second kappa shape index (κ2) is 7.67. The first-order chi connectivity index (χ1) is 14.2. The van der Waals surface area contributed by atoms with Crippen molar-refractivity contribution >= 4 is 27.5 Å². The molecule has 2 aromatic rings. The smallest absolute Gasteiger partial charge is 0.266 e. The molecule has 1 aromatic carbocycles. The summed E-state index contributed by atoms with van der Waals surface area (Å²) in [6.45, 7) is 0.0858. The molecular formula is C18H20F3N5O3S. The van der Waals surface area contributed by atoms with Crippen LogP contribution in [0.25, 0.3) is 0 Å². The van der Waals surface area contributed by atoms with Gasteiger partial charge in [-0.2, -0.15) is 4.98 Å². The molecule has 1 aliphatic carbocycles. The molecule has 0 amide bonds. The monoisotopic (exact) mass is 443 g/mol. The van der Waals surface area contributed by atoms with Crippen LogP contribution in [0.2, 0.25) is 0 Å². The van der Waals surface area contributed by atoms with Gasteiger partial charge in [0.15, 0.2) is 11.6 Å². The number of ether oxygens (including phenoxy) is 1. The van der Waals surface area contributed by atoms with Crippen LogP contribution < -0.4 is 15.4 Å². The van der Waals surface area contributed by atoms with E-state index in [4.69, 9.17) is 9.88 Å². The van der Waals surface area contributed by atoms with Crippen LogP contribution in [0.15, 0.2) is 35.4 Å². The van der Waals surface area contributed by atoms with Gasteiger partial charge >= 0.3 is 0 Å². The predicted octanol–water partition coefficient (Wildman–Crippen LogP) is 2.40. The largest absolute Gasteiger partial charge is 0.362 e. The van der Waals surface area contributed by atoms with Crippen molar-refractivity contribution < 1.29 is 26.3 Å². The number of nitrogens with one attached hydrogen (secondary N) is 1. The van der Waals surface area contributed by atoms with Gasteiger partial charge in [-0.05, 0) is 43.5 Å². The summed E-state index contributed by atoms with van der Waals surface area (Å²) in [5.41, 5.74) is -0.253. The van der Waals surface area contributed by atoms with Crippen LogP contribution in [0.4, 0.5) is 30.6 Å². The van der Waals surface area contributed by atoms with Gasteiger partial charge in [0.25, 0.3) is 6.43 Å². The molecule has 0 radical (unpaired) electrons. The topological polar surface area (TPSA) is 110 Å². The molecule has 30 heavy (non-hydrogen) atoms. The second-order valence-corrected chi connectivity index (χ2v) is 9.03. The van der Waals surface area contributed by atoms with Crippen LogP contribution >= 0.6 is 0 Å². The Kier molecular flexibility index (Phi) is 5.32. The van der Waals surface area contributed by atoms with Crippen LogP contribution in [0.1, 0.15) is 19.3 Å². The average Bonchev–Trinajstić information content (AvgIpc) is 2.67. The van der Waals surface area contributed by atoms with E-state index in [1.54, 1.807) is 0 Å². The summed E-state index contributed by atoms with van der Waals surface area (Å²) in [6, 6.07) is 5.52. The van der Waals surface area contributed by atoms with E-state index in [1.165, 1.54) is 29.2 Å². The fourth-order valence-electron chi connectivity index (χ4n) is 3.66. The fourth-order valence-corrected chi connectivity index (χ4v) is 4.18. The lowest BCUT2D eigenvalue weighted by Crippen LogP contribution is -2.61. The highest BCUT2D eigenvalue weighted by atomic mass is 32.2. The summed E-state index contributed by atoms with van der Waals surface area (Å²) in [5, 5.41) is 7.91. The molecule has 1 spiro atoms. The standard InChI is InChI=1S/C18H20F3N5O3S/c19-13-8-23-17(24-11-2-4-12(5-3-11)30(22,27)28)25-16(13)26-9-14(15(20)21)29-18(10-26)6-1-7-18/h2-5,8,14-15H,1,6-7,9-10H2,(H2,22,27,28)(H,23,24,25). The highest BCUT2D eigenvalue weighted by Gasteiger charge is 2.48. The van der Waals surface area contributed by atoms with Gasteiger partial charge in [0.05, 0.1) is 23.2 Å². The minimum Gasteiger partial charge on any atom is -0.362 e. The summed E-state index contributed by atoms with van der Waals surface area (Å²) in [5.74, 6) is -0.777. The highest BCUT2D eigenvalue weighted by Crippen LogP contribution is 2.42. The lowest BCUT2D eigenvalue weighted by atomic mass is 9.78. The van der Waals surface area contributed by atoms with Gasteiger partial charge in [0.2, 0.25) is 16.0 Å². The number of halogens is 3. The number of aromatic nitrogens is 2. The fraction of sp³-hybridized carbons (Fsp3) is 0.444. The zero-order valence-electron chi connectivity index (χ0n) is 15.8. The van der Waals surface area contributed by atoms with Gasteiger partial charge in [-0.15, -0.1) is 0 Å². The quantitative estimate of drug-likeness (QED) is 0.730. The summed E-state index contributed by atoms with van der Waals surface area (Å²) >= 11 is 0. The van der Waals surface area contributed by atoms with Crippen molar-refractivity contribution in [2.75, 3.05) is 23.3 Å². The molecule has 1 unspecified atom stereocenters. The first-order valence-electron chi connectivity index (χ1n) is 9.29. The summed E-state index contributed by atoms with van der Waals surface area (Å²) in [4.78, 5) is 9.46. The van der Waals surface area contributed by atoms with Crippen LogP contribution in [-0.2, 0) is 14.8 Å². The third-order valence-corrected chi connectivity index (χ3v) is 6.22. The number of benzene rings is 1. The summed E-state index contributed by atoms with van der Waals surface area (Å²) in [6.07, 6.45) is -0.899. The zero-order chi connectivity index (χ0) is 21.5. The Hall–Kier alpha value is -2.44. The maximum Gasteiger partial charge on any atom is 0.266 e. The molecule has 2 heterocycles. The molecular weight excluding hydrogens is 423 g/mol. The van der Waals surface area contributed by atoms with Gasteiger partial charge in [-0.3, -0.25) is 0 Å². The number of nitrogens with two attached hydrogens (primary N) is 1. The number of morpholine rings is 1. The first-order valence-corrected chi connectivity index (χ1v) is 10.8. The maximum atomic E-state index is 14.5. The van der Waals surface area contributed by atoms with Crippen LogP contribution in [0.3, 0.4) is 0 Å². The van der Waals surface area contributed by atoms with Crippen LogP contribution in [0, 0.1) is 5.82 Å². The SMILES string of the molecule is NS(=O)(=O)c1ccc(Nc2ncc(F)c(N3CC(C(F)F)OC4(CCC4)C3)n2)cc1. The highest BCUT2D eigenvalue weighted by molar-refractivity contribution is 7.89. The lowest BCUT2D eigenvalue weighted by molar-refractivity contribution is -0.185. The number of rotatable bonds is 5. The molecule has 162 valence electrons. The molecule has 12 heteroatoms. The number of nitrogens with zero attached hydrogens (tertiary/aromatic N) is 3. The van der Waals surface area contributed by atoms with Crippen LogP contribution in [0.5, 0.6) is 0 Å². The number of hydrogen-bond acceptors (Lipinski definition) is 7. The third-order valence-electron chi connectivity index (χ3n) is 5.29. The molecule has 8 nitrogen and oxygen atoms in total. The van der Waals surface area contributed by atoms with Crippen molar-refractivity contribution in [2.24, 2.45) is 5.14 Å². The van der Waals surface area contributed by atoms with Crippen molar-refractivity contribution in [3.8, 4) is 0 Å². The van der Waals surface area contributed by atoms with Gasteiger partial charge in [0.1, 0.15) is 6.10 Å². The molecule has 1 aromatic heterocycles. The molecule has 3 N–H and O–H groups in total. The Labute approximate surface area is 171 Å². The number of sulfonamides is 1. The van der Waals surface area contributed by atoms with E-state index in [2.05, 4.69) is 15.3 Å². The van der Waals surface area contributed by atoms with Gasteiger partial charge in [0, 0.05) is 12.2 Å². The van der Waals surface area contributed by atoms with Crippen molar-refractivity contribution in [3.63, 3.8) is 0 Å². The van der Waals surface area contributed by atoms with Gasteiger partial charge < -0.3 is 15.0 Å². The number of primary sulfonamides is 1.